The minimum absolute atomic E-state index is 0.212. The van der Waals surface area contributed by atoms with Gasteiger partial charge in [-0.05, 0) is 5.75 Å². The molecule has 0 aliphatic rings. The molecule has 0 heterocycles. The van der Waals surface area contributed by atoms with E-state index in [1.54, 1.807) is 35.3 Å². The van der Waals surface area contributed by atoms with Gasteiger partial charge >= 0.3 is 0 Å². The summed E-state index contributed by atoms with van der Waals surface area (Å²) in [6.45, 7) is 2.39. The Morgan fingerprint density at radius 1 is 0.759 bits per heavy atom. The molecule has 174 valence electrons. The van der Waals surface area contributed by atoms with E-state index in [-0.39, 0.29) is 11.7 Å². The van der Waals surface area contributed by atoms with Crippen LogP contribution < -0.4 is 0 Å². The van der Waals surface area contributed by atoms with Gasteiger partial charge in [0.15, 0.2) is 5.12 Å². The van der Waals surface area contributed by atoms with Crippen molar-refractivity contribution in [3.63, 3.8) is 0 Å². The predicted molar refractivity (Wildman–Crippen MR) is 157 cm³/mol. The first-order valence-corrected chi connectivity index (χ1v) is 20.6. The zero-order valence-electron chi connectivity index (χ0n) is 16.7. The van der Waals surface area contributed by atoms with Gasteiger partial charge in [-0.25, -0.2) is 0 Å². The highest BCUT2D eigenvalue weighted by Crippen LogP contribution is 2.22. The summed E-state index contributed by atoms with van der Waals surface area (Å²) in [5, 5.41) is 14.9. The molecule has 1 N–H and O–H groups in total. The van der Waals surface area contributed by atoms with Crippen LogP contribution in [0.5, 0.6) is 0 Å². The van der Waals surface area contributed by atoms with Crippen LogP contribution in [0.2, 0.25) is 0 Å². The SMILES string of the molecule is CCSCSCSCS(=O)CCSCSCSCSCC(=O)SCCSCCO. The molecule has 0 aliphatic carbocycles. The minimum atomic E-state index is -0.690. The number of carbonyl (C=O) groups excluding carboxylic acids is 1. The summed E-state index contributed by atoms with van der Waals surface area (Å²) in [7, 11) is -0.690. The first-order valence-electron chi connectivity index (χ1n) is 8.94. The quantitative estimate of drug-likeness (QED) is 0.118. The predicted octanol–water partition coefficient (Wildman–Crippen LogP) is 5.62. The molecule has 0 aromatic heterocycles. The molecule has 1 unspecified atom stereocenters. The van der Waals surface area contributed by atoms with Crippen LogP contribution in [0, 0.1) is 0 Å². The van der Waals surface area contributed by atoms with Gasteiger partial charge in [0.25, 0.3) is 0 Å². The largest absolute Gasteiger partial charge is 0.396 e. The third-order valence-corrected chi connectivity index (χ3v) is 15.6. The second-order valence-electron chi connectivity index (χ2n) is 4.97. The molecule has 1 atom stereocenters. The summed E-state index contributed by atoms with van der Waals surface area (Å²) in [4.78, 5) is 11.7. The van der Waals surface area contributed by atoms with Crippen LogP contribution in [0.1, 0.15) is 6.92 Å². The number of rotatable bonds is 23. The van der Waals surface area contributed by atoms with E-state index in [0.29, 0.717) is 5.75 Å². The molecule has 0 aromatic carbocycles. The highest BCUT2D eigenvalue weighted by atomic mass is 32.3. The second-order valence-corrected chi connectivity index (χ2v) is 18.4. The monoisotopic (exact) mass is 592 g/mol. The van der Waals surface area contributed by atoms with E-state index in [9.17, 15) is 9.00 Å². The van der Waals surface area contributed by atoms with Gasteiger partial charge in [0, 0.05) is 65.0 Å². The number of carbonyl (C=O) groups is 1. The fourth-order valence-electron chi connectivity index (χ4n) is 1.42. The lowest BCUT2D eigenvalue weighted by Gasteiger charge is -2.04. The van der Waals surface area contributed by atoms with Crippen LogP contribution in [0.25, 0.3) is 0 Å². The van der Waals surface area contributed by atoms with Crippen LogP contribution >= 0.6 is 106 Å². The lowest BCUT2D eigenvalue weighted by molar-refractivity contribution is -0.108. The van der Waals surface area contributed by atoms with Gasteiger partial charge in [0.2, 0.25) is 0 Å². The third-order valence-electron chi connectivity index (χ3n) is 2.65. The van der Waals surface area contributed by atoms with E-state index in [4.69, 9.17) is 5.11 Å². The third kappa shape index (κ3) is 27.1. The Morgan fingerprint density at radius 3 is 2.14 bits per heavy atom. The van der Waals surface area contributed by atoms with Crippen molar-refractivity contribution in [1.29, 1.82) is 0 Å². The highest BCUT2D eigenvalue weighted by Gasteiger charge is 2.03. The molecular formula is C16H32O3S10. The number of aliphatic hydroxyl groups excluding tert-OH is 1. The maximum atomic E-state index is 11.9. The molecule has 0 rings (SSSR count). The molecule has 0 aromatic rings. The van der Waals surface area contributed by atoms with E-state index in [2.05, 4.69) is 6.92 Å². The molecule has 0 amide bonds. The molecule has 0 spiro atoms. The van der Waals surface area contributed by atoms with Gasteiger partial charge in [-0.15, -0.1) is 58.8 Å². The van der Waals surface area contributed by atoms with Gasteiger partial charge < -0.3 is 5.11 Å². The summed E-state index contributed by atoms with van der Waals surface area (Å²) >= 11 is 16.1. The number of hydrogen-bond donors (Lipinski definition) is 1. The Hall–Kier alpha value is 2.93. The summed E-state index contributed by atoms with van der Waals surface area (Å²) in [5.41, 5.74) is 0. The molecule has 0 saturated carbocycles. The summed E-state index contributed by atoms with van der Waals surface area (Å²) < 4.78 is 11.9. The normalized spacial score (nSPS) is 12.3. The highest BCUT2D eigenvalue weighted by molar-refractivity contribution is 8.27. The van der Waals surface area contributed by atoms with E-state index < -0.39 is 10.8 Å². The van der Waals surface area contributed by atoms with Crippen molar-refractivity contribution in [2.45, 2.75) is 6.92 Å². The Morgan fingerprint density at radius 2 is 1.41 bits per heavy atom. The van der Waals surface area contributed by atoms with Crippen LogP contribution in [-0.2, 0) is 15.6 Å². The van der Waals surface area contributed by atoms with E-state index in [0.717, 1.165) is 59.3 Å². The van der Waals surface area contributed by atoms with E-state index in [1.807, 2.05) is 58.8 Å². The van der Waals surface area contributed by atoms with Gasteiger partial charge in [0.1, 0.15) is 0 Å². The first kappa shape index (κ1) is 31.9. The molecule has 3 nitrogen and oxygen atoms in total. The fraction of sp³-hybridized carbons (Fsp3) is 0.938. The maximum Gasteiger partial charge on any atom is 0.198 e. The Labute approximate surface area is 218 Å². The van der Waals surface area contributed by atoms with Crippen molar-refractivity contribution in [2.24, 2.45) is 0 Å². The lowest BCUT2D eigenvalue weighted by atomic mass is 10.9. The zero-order chi connectivity index (χ0) is 21.4. The number of aliphatic hydroxyl groups is 1. The second kappa shape index (κ2) is 27.2. The van der Waals surface area contributed by atoms with Gasteiger partial charge in [-0.2, -0.15) is 35.3 Å². The smallest absolute Gasteiger partial charge is 0.198 e. The number of thioether (sulfide) groups is 9. The molecule has 0 saturated heterocycles. The zero-order valence-corrected chi connectivity index (χ0v) is 24.9. The summed E-state index contributed by atoms with van der Waals surface area (Å²) in [6.07, 6.45) is 0. The van der Waals surface area contributed by atoms with Crippen molar-refractivity contribution in [2.75, 3.05) is 77.4 Å². The molecule has 0 fully saturated rings. The van der Waals surface area contributed by atoms with Gasteiger partial charge in [-0.3, -0.25) is 9.00 Å². The van der Waals surface area contributed by atoms with Gasteiger partial charge in [-0.1, -0.05) is 18.7 Å². The molecule has 0 bridgehead atoms. The molecular weight excluding hydrogens is 561 g/mol. The minimum Gasteiger partial charge on any atom is -0.396 e. The van der Waals surface area contributed by atoms with Crippen molar-refractivity contribution < 1.29 is 14.1 Å². The summed E-state index contributed by atoms with van der Waals surface area (Å²) in [5.74, 6) is 6.04. The molecule has 0 radical (unpaired) electrons. The van der Waals surface area contributed by atoms with E-state index in [1.165, 1.54) is 17.5 Å². The average molecular weight is 593 g/mol. The van der Waals surface area contributed by atoms with Crippen LogP contribution in [0.4, 0.5) is 0 Å². The first-order chi connectivity index (χ1) is 14.2. The Balaban J connectivity index is 3.23. The Kier molecular flexibility index (Phi) is 29.9. The number of hydrogen-bond acceptors (Lipinski definition) is 12. The standard InChI is InChI=1S/C16H32O3S10/c1-2-20-10-24-14-27-15-29(19)8-7-22-11-25-13-26-12-23-9-16(18)28-6-5-21-4-3-17/h17H,2-15H2,1H3. The van der Waals surface area contributed by atoms with Crippen molar-refractivity contribution in [3.05, 3.63) is 0 Å². The molecule has 29 heavy (non-hydrogen) atoms. The Bertz CT molecular complexity index is 390. The van der Waals surface area contributed by atoms with Crippen LogP contribution in [0.3, 0.4) is 0 Å². The molecule has 0 aliphatic heterocycles. The lowest BCUT2D eigenvalue weighted by Crippen LogP contribution is -2.02. The van der Waals surface area contributed by atoms with Crippen molar-refractivity contribution >= 4 is 122 Å². The topological polar surface area (TPSA) is 54.4 Å². The fourth-order valence-corrected chi connectivity index (χ4v) is 13.3. The average Bonchev–Trinajstić information content (AvgIpc) is 2.71. The van der Waals surface area contributed by atoms with Crippen LogP contribution in [0.15, 0.2) is 0 Å². The molecule has 13 heteroatoms. The van der Waals surface area contributed by atoms with Gasteiger partial charge in [0.05, 0.1) is 17.4 Å². The van der Waals surface area contributed by atoms with Crippen molar-refractivity contribution in [1.82, 2.24) is 0 Å². The summed E-state index contributed by atoms with van der Waals surface area (Å²) in [6, 6.07) is 0. The van der Waals surface area contributed by atoms with Crippen LogP contribution in [-0.4, -0.2) is 91.8 Å². The maximum absolute atomic E-state index is 11.9. The van der Waals surface area contributed by atoms with Crippen molar-refractivity contribution in [3.8, 4) is 0 Å². The van der Waals surface area contributed by atoms with E-state index >= 15 is 0 Å².